The van der Waals surface area contributed by atoms with Gasteiger partial charge in [0.2, 0.25) is 0 Å². The van der Waals surface area contributed by atoms with E-state index in [-0.39, 0.29) is 0 Å². The smallest absolute Gasteiger partial charge is 0.0922 e. The molecule has 0 radical (unpaired) electrons. The van der Waals surface area contributed by atoms with Crippen LogP contribution >= 0.6 is 0 Å². The maximum Gasteiger partial charge on any atom is 0.0922 e. The highest BCUT2D eigenvalue weighted by Crippen LogP contribution is 2.27. The van der Waals surface area contributed by atoms with Gasteiger partial charge in [-0.3, -0.25) is 0 Å². The van der Waals surface area contributed by atoms with Crippen molar-refractivity contribution in [3.05, 3.63) is 11.8 Å². The largest absolute Gasteiger partial charge is 0.499 e. The van der Waals surface area contributed by atoms with Crippen LogP contribution < -0.4 is 0 Å². The van der Waals surface area contributed by atoms with E-state index in [1.54, 1.807) is 0 Å². The Morgan fingerprint density at radius 3 is 2.42 bits per heavy atom. The van der Waals surface area contributed by atoms with Crippen LogP contribution in [0.3, 0.4) is 0 Å². The van der Waals surface area contributed by atoms with Gasteiger partial charge in [0.15, 0.2) is 0 Å². The monoisotopic (exact) mass is 168 g/mol. The van der Waals surface area contributed by atoms with Crippen LogP contribution in [0.4, 0.5) is 0 Å². The van der Waals surface area contributed by atoms with E-state index in [2.05, 4.69) is 20.8 Å². The molecule has 1 aliphatic rings. The average Bonchev–Trinajstić information content (AvgIpc) is 2.03. The first-order chi connectivity index (χ1) is 5.68. The average molecular weight is 168 g/mol. The van der Waals surface area contributed by atoms with Crippen molar-refractivity contribution in [2.75, 3.05) is 0 Å². The summed E-state index contributed by atoms with van der Waals surface area (Å²) in [5, 5.41) is 0. The number of ether oxygens (including phenoxy) is 1. The molecular weight excluding hydrogens is 148 g/mol. The van der Waals surface area contributed by atoms with Crippen molar-refractivity contribution in [2.45, 2.75) is 52.6 Å². The molecule has 0 bridgehead atoms. The summed E-state index contributed by atoms with van der Waals surface area (Å²) in [5.41, 5.74) is 1.50. The molecule has 0 aromatic heterocycles. The molecule has 0 heterocycles. The van der Waals surface area contributed by atoms with Gasteiger partial charge in [0.1, 0.15) is 0 Å². The highest BCUT2D eigenvalue weighted by atomic mass is 16.5. The van der Waals surface area contributed by atoms with E-state index in [4.69, 9.17) is 4.74 Å². The second-order valence-corrected chi connectivity index (χ2v) is 4.14. The lowest BCUT2D eigenvalue weighted by atomic mass is 9.88. The van der Waals surface area contributed by atoms with Crippen molar-refractivity contribution in [2.24, 2.45) is 5.92 Å². The standard InChI is InChI=1S/C11H20O/c1-9(2)12-8-11-6-4-10(3)5-7-11/h8-10H,4-7H2,1-3H3. The predicted molar refractivity (Wildman–Crippen MR) is 51.9 cm³/mol. The van der Waals surface area contributed by atoms with Crippen LogP contribution in [0.1, 0.15) is 46.5 Å². The minimum atomic E-state index is 0.330. The van der Waals surface area contributed by atoms with Crippen LogP contribution in [-0.4, -0.2) is 6.10 Å². The number of rotatable bonds is 2. The molecule has 70 valence electrons. The molecule has 1 nitrogen and oxygen atoms in total. The SMILES string of the molecule is CC1CCC(=COC(C)C)CC1. The molecule has 1 saturated carbocycles. The molecule has 12 heavy (non-hydrogen) atoms. The van der Waals surface area contributed by atoms with E-state index in [0.29, 0.717) is 6.10 Å². The summed E-state index contributed by atoms with van der Waals surface area (Å²) in [4.78, 5) is 0. The van der Waals surface area contributed by atoms with Gasteiger partial charge in [-0.1, -0.05) is 6.92 Å². The quantitative estimate of drug-likeness (QED) is 0.573. The highest BCUT2D eigenvalue weighted by Gasteiger charge is 2.12. The molecule has 0 amide bonds. The van der Waals surface area contributed by atoms with E-state index in [1.165, 1.54) is 31.3 Å². The third-order valence-electron chi connectivity index (χ3n) is 2.42. The summed E-state index contributed by atoms with van der Waals surface area (Å²) in [6, 6.07) is 0. The van der Waals surface area contributed by atoms with Crippen molar-refractivity contribution in [3.63, 3.8) is 0 Å². The first kappa shape index (κ1) is 9.63. The van der Waals surface area contributed by atoms with Gasteiger partial charge in [0.25, 0.3) is 0 Å². The Morgan fingerprint density at radius 2 is 1.92 bits per heavy atom. The number of hydrogen-bond donors (Lipinski definition) is 0. The van der Waals surface area contributed by atoms with E-state index in [9.17, 15) is 0 Å². The molecule has 0 aromatic rings. The molecule has 1 heteroatoms. The Hall–Kier alpha value is -0.460. The molecule has 0 saturated heterocycles. The van der Waals surface area contributed by atoms with E-state index >= 15 is 0 Å². The maximum absolute atomic E-state index is 5.45. The van der Waals surface area contributed by atoms with Gasteiger partial charge < -0.3 is 4.74 Å². The molecule has 1 fully saturated rings. The lowest BCUT2D eigenvalue weighted by molar-refractivity contribution is 0.174. The van der Waals surface area contributed by atoms with Crippen molar-refractivity contribution in [3.8, 4) is 0 Å². The zero-order valence-corrected chi connectivity index (χ0v) is 8.47. The van der Waals surface area contributed by atoms with Crippen LogP contribution in [0.5, 0.6) is 0 Å². The van der Waals surface area contributed by atoms with Gasteiger partial charge in [-0.2, -0.15) is 0 Å². The number of hydrogen-bond acceptors (Lipinski definition) is 1. The zero-order valence-electron chi connectivity index (χ0n) is 8.47. The molecule has 0 N–H and O–H groups in total. The molecular formula is C11H20O. The summed E-state index contributed by atoms with van der Waals surface area (Å²) in [6.45, 7) is 6.48. The topological polar surface area (TPSA) is 9.23 Å². The molecule has 1 aliphatic carbocycles. The van der Waals surface area contributed by atoms with Crippen LogP contribution in [0.15, 0.2) is 11.8 Å². The third-order valence-corrected chi connectivity index (χ3v) is 2.42. The van der Waals surface area contributed by atoms with Crippen LogP contribution in [-0.2, 0) is 4.74 Å². The minimum Gasteiger partial charge on any atom is -0.499 e. The van der Waals surface area contributed by atoms with Crippen LogP contribution in [0.25, 0.3) is 0 Å². The zero-order chi connectivity index (χ0) is 8.97. The Balaban J connectivity index is 2.29. The normalized spacial score (nSPS) is 24.3. The fraction of sp³-hybridized carbons (Fsp3) is 0.818. The Bertz CT molecular complexity index is 148. The van der Waals surface area contributed by atoms with Gasteiger partial charge in [-0.15, -0.1) is 0 Å². The van der Waals surface area contributed by atoms with Gasteiger partial charge in [0.05, 0.1) is 12.4 Å². The van der Waals surface area contributed by atoms with Crippen molar-refractivity contribution in [1.82, 2.24) is 0 Å². The molecule has 0 spiro atoms. The van der Waals surface area contributed by atoms with E-state index in [0.717, 1.165) is 5.92 Å². The molecule has 0 unspecified atom stereocenters. The summed E-state index contributed by atoms with van der Waals surface area (Å²) in [6.07, 6.45) is 7.48. The first-order valence-corrected chi connectivity index (χ1v) is 5.02. The Labute approximate surface area is 75.8 Å². The summed E-state index contributed by atoms with van der Waals surface area (Å²) in [7, 11) is 0. The lowest BCUT2D eigenvalue weighted by Gasteiger charge is -2.20. The highest BCUT2D eigenvalue weighted by molar-refractivity contribution is 5.01. The van der Waals surface area contributed by atoms with Crippen LogP contribution in [0.2, 0.25) is 0 Å². The predicted octanol–water partition coefficient (Wildman–Crippen LogP) is 3.51. The maximum atomic E-state index is 5.45. The fourth-order valence-electron chi connectivity index (χ4n) is 1.48. The summed E-state index contributed by atoms with van der Waals surface area (Å²) in [5.74, 6) is 0.918. The van der Waals surface area contributed by atoms with Crippen molar-refractivity contribution < 1.29 is 4.74 Å². The second-order valence-electron chi connectivity index (χ2n) is 4.14. The fourth-order valence-corrected chi connectivity index (χ4v) is 1.48. The number of allylic oxidation sites excluding steroid dienone is 1. The van der Waals surface area contributed by atoms with Crippen molar-refractivity contribution in [1.29, 1.82) is 0 Å². The molecule has 0 aliphatic heterocycles. The van der Waals surface area contributed by atoms with Crippen LogP contribution in [0, 0.1) is 5.92 Å². The third kappa shape index (κ3) is 3.29. The summed E-state index contributed by atoms with van der Waals surface area (Å²) >= 11 is 0. The molecule has 0 atom stereocenters. The summed E-state index contributed by atoms with van der Waals surface area (Å²) < 4.78 is 5.45. The first-order valence-electron chi connectivity index (χ1n) is 5.02. The Kier molecular flexibility index (Phi) is 3.64. The minimum absolute atomic E-state index is 0.330. The van der Waals surface area contributed by atoms with Gasteiger partial charge in [-0.05, 0) is 51.0 Å². The van der Waals surface area contributed by atoms with Crippen molar-refractivity contribution >= 4 is 0 Å². The lowest BCUT2D eigenvalue weighted by Crippen LogP contribution is -2.05. The van der Waals surface area contributed by atoms with E-state index in [1.807, 2.05) is 6.26 Å². The van der Waals surface area contributed by atoms with E-state index < -0.39 is 0 Å². The second kappa shape index (κ2) is 4.54. The van der Waals surface area contributed by atoms with Gasteiger partial charge in [0, 0.05) is 0 Å². The molecule has 1 rings (SSSR count). The Morgan fingerprint density at radius 1 is 1.33 bits per heavy atom. The van der Waals surface area contributed by atoms with Gasteiger partial charge in [-0.25, -0.2) is 0 Å². The van der Waals surface area contributed by atoms with Gasteiger partial charge >= 0.3 is 0 Å². The molecule has 0 aromatic carbocycles.